The molecule has 3 rings (SSSR count). The molecule has 3 aromatic rings. The fraction of sp³-hybridized carbons (Fsp3) is 0.192. The average Bonchev–Trinajstić information content (AvgIpc) is 2.86. The zero-order valence-electron chi connectivity index (χ0n) is 18.7. The molecule has 7 nitrogen and oxygen atoms in total. The molecule has 34 heavy (non-hydrogen) atoms. The number of carbonyl (C=O) groups is 2. The van der Waals surface area contributed by atoms with Crippen LogP contribution in [0.25, 0.3) is 0 Å². The van der Waals surface area contributed by atoms with Crippen molar-refractivity contribution in [1.82, 2.24) is 15.3 Å². The number of nitrogens with zero attached hydrogens (tertiary/aromatic N) is 3. The van der Waals surface area contributed by atoms with E-state index in [1.54, 1.807) is 0 Å². The molecule has 0 saturated heterocycles. The smallest absolute Gasteiger partial charge is 0.408 e. The number of hydrogen-bond acceptors (Lipinski definition) is 5. The molecular formula is C26H25BrN4O3. The van der Waals surface area contributed by atoms with E-state index in [2.05, 4.69) is 21.2 Å². The molecule has 0 aliphatic carbocycles. The van der Waals surface area contributed by atoms with Gasteiger partial charge in [0.1, 0.15) is 12.6 Å². The largest absolute Gasteiger partial charge is 0.445 e. The van der Waals surface area contributed by atoms with E-state index in [4.69, 9.17) is 4.74 Å². The Labute approximate surface area is 207 Å². The van der Waals surface area contributed by atoms with Gasteiger partial charge in [-0.2, -0.15) is 5.26 Å². The van der Waals surface area contributed by atoms with Gasteiger partial charge in [-0.3, -0.25) is 4.79 Å². The minimum absolute atomic E-state index is 0.0853. The lowest BCUT2D eigenvalue weighted by atomic mass is 10.1. The molecule has 2 amide bonds. The maximum absolute atomic E-state index is 13.4. The summed E-state index contributed by atoms with van der Waals surface area (Å²) in [5.74, 6) is -0.433. The van der Waals surface area contributed by atoms with Crippen molar-refractivity contribution in [1.29, 1.82) is 5.26 Å². The van der Waals surface area contributed by atoms with E-state index in [0.717, 1.165) is 21.2 Å². The van der Waals surface area contributed by atoms with Gasteiger partial charge in [0.05, 0.1) is 6.54 Å². The number of carbonyl (C=O) groups excluding carboxylic acids is 2. The fourth-order valence-corrected chi connectivity index (χ4v) is 3.76. The number of hydrogen-bond donors (Lipinski definition) is 1. The minimum atomic E-state index is -0.922. The zero-order chi connectivity index (χ0) is 24.3. The highest BCUT2D eigenvalue weighted by Crippen LogP contribution is 2.15. The molecule has 0 fully saturated rings. The van der Waals surface area contributed by atoms with E-state index < -0.39 is 18.0 Å². The van der Waals surface area contributed by atoms with Crippen molar-refractivity contribution >= 4 is 27.9 Å². The Morgan fingerprint density at radius 1 is 0.971 bits per heavy atom. The summed E-state index contributed by atoms with van der Waals surface area (Å²) in [4.78, 5) is 25.9. The quantitative estimate of drug-likeness (QED) is 0.252. The molecule has 1 atom stereocenters. The molecular weight excluding hydrogens is 496 g/mol. The van der Waals surface area contributed by atoms with Gasteiger partial charge >= 0.3 is 6.09 Å². The van der Waals surface area contributed by atoms with Gasteiger partial charge in [0.2, 0.25) is 0 Å². The molecule has 0 aromatic heterocycles. The molecule has 0 heterocycles. The van der Waals surface area contributed by atoms with E-state index >= 15 is 0 Å². The summed E-state index contributed by atoms with van der Waals surface area (Å²) in [5, 5.41) is 14.8. The Balaban J connectivity index is 1.71. The third-order valence-corrected chi connectivity index (χ3v) is 5.60. The number of hydrazine groups is 1. The predicted molar refractivity (Wildman–Crippen MR) is 132 cm³/mol. The van der Waals surface area contributed by atoms with Gasteiger partial charge in [0.25, 0.3) is 5.91 Å². The number of nitrogens with one attached hydrogen (secondary N) is 1. The fourth-order valence-electron chi connectivity index (χ4n) is 3.32. The highest BCUT2D eigenvalue weighted by molar-refractivity contribution is 9.10. The number of ether oxygens (including phenoxy) is 1. The van der Waals surface area contributed by atoms with Crippen molar-refractivity contribution in [3.63, 3.8) is 0 Å². The van der Waals surface area contributed by atoms with Crippen LogP contribution in [-0.2, 0) is 29.1 Å². The summed E-state index contributed by atoms with van der Waals surface area (Å²) >= 11 is 3.42. The van der Waals surface area contributed by atoms with Crippen LogP contribution in [0, 0.1) is 11.5 Å². The van der Waals surface area contributed by atoms with Crippen molar-refractivity contribution in [3.8, 4) is 6.19 Å². The maximum atomic E-state index is 13.4. The number of benzene rings is 3. The van der Waals surface area contributed by atoms with Crippen molar-refractivity contribution in [3.05, 3.63) is 106 Å². The molecule has 1 N–H and O–H groups in total. The highest BCUT2D eigenvalue weighted by Gasteiger charge is 2.28. The number of amides is 2. The Morgan fingerprint density at radius 3 is 2.21 bits per heavy atom. The van der Waals surface area contributed by atoms with Gasteiger partial charge in [-0.15, -0.1) is 0 Å². The number of halogens is 1. The molecule has 0 saturated carbocycles. The van der Waals surface area contributed by atoms with Crippen LogP contribution >= 0.6 is 15.9 Å². The van der Waals surface area contributed by atoms with Gasteiger partial charge in [0, 0.05) is 17.9 Å². The first-order valence-corrected chi connectivity index (χ1v) is 11.5. The zero-order valence-corrected chi connectivity index (χ0v) is 20.3. The Hall–Kier alpha value is -3.83. The lowest BCUT2D eigenvalue weighted by Gasteiger charge is -2.30. The lowest BCUT2D eigenvalue weighted by molar-refractivity contribution is -0.143. The summed E-state index contributed by atoms with van der Waals surface area (Å²) in [5.41, 5.74) is 2.56. The number of likely N-dealkylation sites (N-methyl/N-ethyl adjacent to an activating group) is 1. The first-order valence-electron chi connectivity index (χ1n) is 10.7. The van der Waals surface area contributed by atoms with Crippen LogP contribution in [0.1, 0.15) is 16.7 Å². The van der Waals surface area contributed by atoms with E-state index in [1.807, 2.05) is 91.1 Å². The number of nitriles is 1. The first kappa shape index (κ1) is 24.8. The predicted octanol–water partition coefficient (Wildman–Crippen LogP) is 4.64. The molecule has 0 bridgehead atoms. The highest BCUT2D eigenvalue weighted by atomic mass is 79.9. The molecule has 0 radical (unpaired) electrons. The van der Waals surface area contributed by atoms with Gasteiger partial charge < -0.3 is 10.1 Å². The molecule has 0 spiro atoms. The van der Waals surface area contributed by atoms with Crippen molar-refractivity contribution in [2.24, 2.45) is 0 Å². The van der Waals surface area contributed by atoms with Crippen LogP contribution in [0.5, 0.6) is 0 Å². The Bertz CT molecular complexity index is 1140. The van der Waals surface area contributed by atoms with E-state index in [0.29, 0.717) is 0 Å². The van der Waals surface area contributed by atoms with Crippen molar-refractivity contribution in [2.75, 3.05) is 7.05 Å². The van der Waals surface area contributed by atoms with Crippen molar-refractivity contribution < 1.29 is 14.3 Å². The minimum Gasteiger partial charge on any atom is -0.445 e. The Kier molecular flexibility index (Phi) is 9.06. The van der Waals surface area contributed by atoms with Crippen LogP contribution < -0.4 is 5.32 Å². The second-order valence-electron chi connectivity index (χ2n) is 7.60. The molecule has 8 heteroatoms. The van der Waals surface area contributed by atoms with Crippen LogP contribution in [0.15, 0.2) is 89.4 Å². The second-order valence-corrected chi connectivity index (χ2v) is 8.51. The number of alkyl carbamates (subject to hydrolysis) is 1. The summed E-state index contributed by atoms with van der Waals surface area (Å²) < 4.78 is 6.19. The van der Waals surface area contributed by atoms with Gasteiger partial charge in [-0.1, -0.05) is 88.7 Å². The summed E-state index contributed by atoms with van der Waals surface area (Å²) in [6, 6.07) is 25.2. The second kappa shape index (κ2) is 12.4. The topological polar surface area (TPSA) is 85.7 Å². The van der Waals surface area contributed by atoms with Crippen LogP contribution in [0.3, 0.4) is 0 Å². The first-order chi connectivity index (χ1) is 16.5. The number of rotatable bonds is 9. The molecule has 3 aromatic carbocycles. The summed E-state index contributed by atoms with van der Waals surface area (Å²) in [7, 11) is 1.51. The standard InChI is InChI=1S/C26H25BrN4O3/c1-30(31(19-28)17-22-13-8-14-23(27)15-22)25(32)24(16-20-9-4-2-5-10-20)29-26(33)34-18-21-11-6-3-7-12-21/h2-15,24H,16-18H2,1H3,(H,29,33)/t24-/m0/s1. The van der Waals surface area contributed by atoms with Crippen molar-refractivity contribution in [2.45, 2.75) is 25.6 Å². The van der Waals surface area contributed by atoms with E-state index in [-0.39, 0.29) is 19.6 Å². The van der Waals surface area contributed by atoms with Crippen LogP contribution in [0.2, 0.25) is 0 Å². The average molecular weight is 521 g/mol. The maximum Gasteiger partial charge on any atom is 0.408 e. The van der Waals surface area contributed by atoms with E-state index in [1.165, 1.54) is 17.1 Å². The summed E-state index contributed by atoms with van der Waals surface area (Å²) in [6.07, 6.45) is 1.59. The Morgan fingerprint density at radius 2 is 1.59 bits per heavy atom. The SMILES string of the molecule is CN(C(=O)[C@H](Cc1ccccc1)NC(=O)OCc1ccccc1)N(C#N)Cc1cccc(Br)c1. The van der Waals surface area contributed by atoms with Gasteiger partial charge in [-0.25, -0.2) is 14.8 Å². The molecule has 0 aliphatic rings. The third kappa shape index (κ3) is 7.36. The van der Waals surface area contributed by atoms with E-state index in [9.17, 15) is 14.9 Å². The van der Waals surface area contributed by atoms with Crippen LogP contribution in [0.4, 0.5) is 4.79 Å². The summed E-state index contributed by atoms with van der Waals surface area (Å²) in [6.45, 7) is 0.288. The van der Waals surface area contributed by atoms with Crippen LogP contribution in [-0.4, -0.2) is 35.1 Å². The third-order valence-electron chi connectivity index (χ3n) is 5.10. The molecule has 0 unspecified atom stereocenters. The normalized spacial score (nSPS) is 11.1. The van der Waals surface area contributed by atoms with Gasteiger partial charge in [-0.05, 0) is 28.8 Å². The van der Waals surface area contributed by atoms with Gasteiger partial charge in [0.15, 0.2) is 6.19 Å². The molecule has 174 valence electrons. The monoisotopic (exact) mass is 520 g/mol. The lowest BCUT2D eigenvalue weighted by Crippen LogP contribution is -2.52. The molecule has 0 aliphatic heterocycles.